The SMILES string of the molecule is C/C=C\C(=N/C[S+]([O-])NC1CC=C(C(C)(F)NC)C(c2c(C)cccc2C)=N1)N1CCCC(C)(CC(=O)O)C1. The van der Waals surface area contributed by atoms with Gasteiger partial charge in [0.05, 0.1) is 23.5 Å². The highest BCUT2D eigenvalue weighted by atomic mass is 32.2. The predicted octanol–water partition coefficient (Wildman–Crippen LogP) is 4.42. The summed E-state index contributed by atoms with van der Waals surface area (Å²) in [6.07, 6.45) is 7.28. The zero-order chi connectivity index (χ0) is 28.8. The number of hydrogen-bond donors (Lipinski definition) is 3. The van der Waals surface area contributed by atoms with Gasteiger partial charge in [0.2, 0.25) is 5.88 Å². The summed E-state index contributed by atoms with van der Waals surface area (Å²) < 4.78 is 31.6. The molecule has 10 heteroatoms. The summed E-state index contributed by atoms with van der Waals surface area (Å²) in [7, 11) is 1.58. The summed E-state index contributed by atoms with van der Waals surface area (Å²) >= 11 is -1.53. The van der Waals surface area contributed by atoms with Gasteiger partial charge in [-0.2, -0.15) is 0 Å². The van der Waals surface area contributed by atoms with Gasteiger partial charge in [-0.25, -0.2) is 9.38 Å². The van der Waals surface area contributed by atoms with E-state index >= 15 is 4.39 Å². The molecule has 0 aliphatic carbocycles. The Hall–Kier alpha value is -2.53. The number of halogens is 1. The Labute approximate surface area is 234 Å². The van der Waals surface area contributed by atoms with Crippen LogP contribution in [0.3, 0.4) is 0 Å². The minimum atomic E-state index is -1.77. The number of alkyl halides is 1. The molecular formula is C29H42FN5O3S. The number of carbonyl (C=O) groups is 1. The van der Waals surface area contributed by atoms with Crippen LogP contribution in [0, 0.1) is 19.3 Å². The van der Waals surface area contributed by atoms with E-state index in [1.807, 2.05) is 64.1 Å². The quantitative estimate of drug-likeness (QED) is 0.169. The molecule has 1 saturated heterocycles. The third-order valence-electron chi connectivity index (χ3n) is 7.39. The molecule has 1 fully saturated rings. The van der Waals surface area contributed by atoms with Gasteiger partial charge in [0.25, 0.3) is 0 Å². The van der Waals surface area contributed by atoms with Gasteiger partial charge in [-0.05, 0) is 70.2 Å². The molecule has 0 aromatic heterocycles. The van der Waals surface area contributed by atoms with Crippen molar-refractivity contribution in [1.29, 1.82) is 0 Å². The van der Waals surface area contributed by atoms with Crippen LogP contribution in [0.5, 0.6) is 0 Å². The number of benzene rings is 1. The van der Waals surface area contributed by atoms with E-state index in [1.165, 1.54) is 6.92 Å². The fourth-order valence-corrected chi connectivity index (χ4v) is 6.13. The van der Waals surface area contributed by atoms with E-state index in [2.05, 4.69) is 19.9 Å². The summed E-state index contributed by atoms with van der Waals surface area (Å²) in [4.78, 5) is 22.9. The minimum absolute atomic E-state index is 0.0183. The lowest BCUT2D eigenvalue weighted by Gasteiger charge is -2.40. The molecule has 2 aliphatic rings. The van der Waals surface area contributed by atoms with E-state index < -0.39 is 29.3 Å². The smallest absolute Gasteiger partial charge is 0.303 e. The van der Waals surface area contributed by atoms with Crippen molar-refractivity contribution in [3.05, 3.63) is 58.7 Å². The van der Waals surface area contributed by atoms with Crippen LogP contribution in [0.15, 0.2) is 52.0 Å². The van der Waals surface area contributed by atoms with Gasteiger partial charge in [0, 0.05) is 30.6 Å². The molecule has 8 nitrogen and oxygen atoms in total. The van der Waals surface area contributed by atoms with Crippen molar-refractivity contribution in [3.63, 3.8) is 0 Å². The molecule has 39 heavy (non-hydrogen) atoms. The third-order valence-corrected chi connectivity index (χ3v) is 8.29. The highest BCUT2D eigenvalue weighted by molar-refractivity contribution is 7.89. The molecule has 0 saturated carbocycles. The van der Waals surface area contributed by atoms with E-state index in [9.17, 15) is 14.5 Å². The number of aryl methyl sites for hydroxylation is 2. The standard InChI is InChI=1S/C29H42FN5O3S/c1-7-10-24(35-16-9-15-28(4,18-35)17-25(36)37)32-19-39(38)34-23-14-13-22(29(5,30)31-6)27(33-23)26-20(2)11-8-12-21(26)3/h7-8,10-13,23,31,34H,9,14-19H2,1-6H3,(H,36,37)/b10-7-,32-24+. The minimum Gasteiger partial charge on any atom is -0.596 e. The van der Waals surface area contributed by atoms with Crippen LogP contribution in [0.25, 0.3) is 0 Å². The molecule has 2 aliphatic heterocycles. The summed E-state index contributed by atoms with van der Waals surface area (Å²) in [5.41, 5.74) is 3.54. The maximum atomic E-state index is 15.5. The Morgan fingerprint density at radius 2 is 2.10 bits per heavy atom. The molecule has 4 unspecified atom stereocenters. The molecule has 0 spiro atoms. The largest absolute Gasteiger partial charge is 0.596 e. The number of piperidine rings is 1. The highest BCUT2D eigenvalue weighted by Gasteiger charge is 2.36. The Bertz CT molecular complexity index is 1150. The Kier molecular flexibility index (Phi) is 10.5. The lowest BCUT2D eigenvalue weighted by atomic mass is 9.79. The Morgan fingerprint density at radius 1 is 1.41 bits per heavy atom. The first-order chi connectivity index (χ1) is 18.4. The van der Waals surface area contributed by atoms with Crippen LogP contribution < -0.4 is 10.0 Å². The monoisotopic (exact) mass is 559 g/mol. The fourth-order valence-electron chi connectivity index (χ4n) is 5.36. The van der Waals surface area contributed by atoms with Crippen molar-refractivity contribution >= 4 is 28.9 Å². The number of rotatable bonds is 10. The van der Waals surface area contributed by atoms with Gasteiger partial charge in [0.1, 0.15) is 12.0 Å². The van der Waals surface area contributed by atoms with Crippen LogP contribution >= 0.6 is 0 Å². The van der Waals surface area contributed by atoms with Crippen molar-refractivity contribution in [2.75, 3.05) is 26.0 Å². The zero-order valence-electron chi connectivity index (χ0n) is 23.9. The van der Waals surface area contributed by atoms with Crippen molar-refractivity contribution in [3.8, 4) is 0 Å². The summed E-state index contributed by atoms with van der Waals surface area (Å²) in [6, 6.07) is 5.92. The second kappa shape index (κ2) is 13.2. The number of nitrogens with zero attached hydrogens (tertiary/aromatic N) is 3. The number of carboxylic acids is 1. The lowest BCUT2D eigenvalue weighted by molar-refractivity contribution is -0.140. The number of amidine groups is 1. The molecular weight excluding hydrogens is 517 g/mol. The van der Waals surface area contributed by atoms with Crippen molar-refractivity contribution in [2.24, 2.45) is 15.4 Å². The fraction of sp³-hybridized carbons (Fsp3) is 0.552. The molecule has 1 aromatic carbocycles. The summed E-state index contributed by atoms with van der Waals surface area (Å²) in [6.45, 7) is 10.7. The zero-order valence-corrected chi connectivity index (χ0v) is 24.7. The van der Waals surface area contributed by atoms with Crippen molar-refractivity contribution < 1.29 is 18.8 Å². The molecule has 4 atom stereocenters. The number of likely N-dealkylation sites (tertiary alicyclic amines) is 1. The number of nitrogens with one attached hydrogen (secondary N) is 2. The van der Waals surface area contributed by atoms with E-state index in [0.29, 0.717) is 30.1 Å². The summed E-state index contributed by atoms with van der Waals surface area (Å²) in [5.74, 6) is -1.86. The van der Waals surface area contributed by atoms with Crippen LogP contribution in [0.4, 0.5) is 4.39 Å². The van der Waals surface area contributed by atoms with Crippen LogP contribution in [-0.4, -0.2) is 70.0 Å². The second-order valence-electron chi connectivity index (χ2n) is 10.9. The summed E-state index contributed by atoms with van der Waals surface area (Å²) in [5, 5.41) is 12.1. The molecule has 2 heterocycles. The normalized spacial score (nSPS) is 24.8. The topological polar surface area (TPSA) is 112 Å². The van der Waals surface area contributed by atoms with Gasteiger partial charge >= 0.3 is 5.97 Å². The Balaban J connectivity index is 1.78. The first-order valence-corrected chi connectivity index (χ1v) is 14.7. The van der Waals surface area contributed by atoms with E-state index in [0.717, 1.165) is 36.1 Å². The molecule has 0 amide bonds. The predicted molar refractivity (Wildman–Crippen MR) is 157 cm³/mol. The van der Waals surface area contributed by atoms with Gasteiger partial charge in [0.15, 0.2) is 5.79 Å². The maximum absolute atomic E-state index is 15.5. The highest BCUT2D eigenvalue weighted by Crippen LogP contribution is 2.33. The third kappa shape index (κ3) is 8.00. The average molecular weight is 560 g/mol. The van der Waals surface area contributed by atoms with Crippen LogP contribution in [0.1, 0.15) is 63.1 Å². The van der Waals surface area contributed by atoms with Gasteiger partial charge in [-0.15, -0.1) is 4.72 Å². The Morgan fingerprint density at radius 3 is 2.72 bits per heavy atom. The number of hydrogen-bond acceptors (Lipinski definition) is 6. The van der Waals surface area contributed by atoms with Crippen LogP contribution in [0.2, 0.25) is 0 Å². The molecule has 214 valence electrons. The number of aliphatic imine (C=N–C) groups is 2. The van der Waals surface area contributed by atoms with Gasteiger partial charge in [-0.3, -0.25) is 15.1 Å². The first-order valence-electron chi connectivity index (χ1n) is 13.4. The molecule has 1 aromatic rings. The number of allylic oxidation sites excluding steroid dienone is 1. The second-order valence-corrected chi connectivity index (χ2v) is 12.1. The van der Waals surface area contributed by atoms with Crippen molar-refractivity contribution in [2.45, 2.75) is 72.3 Å². The number of likely N-dealkylation sites (N-methyl/N-ethyl adjacent to an activating group) is 1. The van der Waals surface area contributed by atoms with E-state index in [4.69, 9.17) is 4.99 Å². The number of dihydropyridines is 1. The maximum Gasteiger partial charge on any atom is 0.303 e. The molecule has 0 radical (unpaired) electrons. The van der Waals surface area contributed by atoms with Gasteiger partial charge < -0.3 is 14.6 Å². The lowest BCUT2D eigenvalue weighted by Crippen LogP contribution is -2.46. The number of aliphatic carboxylic acids is 1. The van der Waals surface area contributed by atoms with Crippen molar-refractivity contribution in [1.82, 2.24) is 14.9 Å². The van der Waals surface area contributed by atoms with Crippen LogP contribution in [-0.2, 0) is 16.2 Å². The van der Waals surface area contributed by atoms with E-state index in [1.54, 1.807) is 7.05 Å². The van der Waals surface area contributed by atoms with E-state index in [-0.39, 0.29) is 17.7 Å². The number of carboxylic acid groups (broad SMARTS) is 1. The first kappa shape index (κ1) is 31.0. The average Bonchev–Trinajstić information content (AvgIpc) is 2.85. The molecule has 0 bridgehead atoms. The molecule has 3 rings (SSSR count). The van der Waals surface area contributed by atoms with Gasteiger partial charge in [-0.1, -0.05) is 37.3 Å². The molecule has 3 N–H and O–H groups in total.